The number of fused-ring (bicyclic) bond motifs is 4. The van der Waals surface area contributed by atoms with Crippen molar-refractivity contribution >= 4 is 23.5 Å². The lowest BCUT2D eigenvalue weighted by Crippen LogP contribution is -2.39. The lowest BCUT2D eigenvalue weighted by Gasteiger charge is -2.36. The average molecular weight is 530 g/mol. The standard InChI is InChI=1S/C32H39N3O4/c1-21-7-6-10-29(35-16-14-24(20-30(35)36)23-8-4-3-5-9-23)28-19-25(13-15-33-28)26-12-11-22(18-31(37)39-2)17-27(26)34-32(21)38/h11-13,15,17,19-21,23,29H,3-10,14,16,18H2,1-2H3,(H,34,38)/t21-,29+/m1/s1. The van der Waals surface area contributed by atoms with Gasteiger partial charge in [0.15, 0.2) is 0 Å². The number of rotatable bonds is 4. The minimum atomic E-state index is -0.330. The van der Waals surface area contributed by atoms with E-state index in [0.29, 0.717) is 24.6 Å². The number of methoxy groups -OCH3 is 1. The van der Waals surface area contributed by atoms with E-state index >= 15 is 0 Å². The highest BCUT2D eigenvalue weighted by molar-refractivity contribution is 5.97. The number of hydrogen-bond acceptors (Lipinski definition) is 5. The quantitative estimate of drug-likeness (QED) is 0.491. The SMILES string of the molecule is COC(=O)Cc1ccc2c(c1)NC(=O)[C@H](C)CCC[C@H](N1CCC(C3CCCCC3)=CC1=O)c1cc-2ccn1. The summed E-state index contributed by atoms with van der Waals surface area (Å²) in [7, 11) is 1.37. The van der Waals surface area contributed by atoms with Gasteiger partial charge in [0.05, 0.1) is 25.3 Å². The van der Waals surface area contributed by atoms with E-state index in [0.717, 1.165) is 41.6 Å². The van der Waals surface area contributed by atoms with E-state index < -0.39 is 0 Å². The Balaban J connectivity index is 1.48. The number of aromatic nitrogens is 1. The summed E-state index contributed by atoms with van der Waals surface area (Å²) in [6.07, 6.45) is 13.3. The first kappa shape index (κ1) is 27.1. The number of carbonyl (C=O) groups is 3. The van der Waals surface area contributed by atoms with Crippen LogP contribution in [0, 0.1) is 11.8 Å². The molecule has 7 nitrogen and oxygen atoms in total. The van der Waals surface area contributed by atoms with Crippen LogP contribution < -0.4 is 5.32 Å². The first-order valence-electron chi connectivity index (χ1n) is 14.4. The van der Waals surface area contributed by atoms with Crippen LogP contribution >= 0.6 is 0 Å². The molecule has 1 aromatic carbocycles. The second kappa shape index (κ2) is 12.1. The number of amides is 2. The Hall–Kier alpha value is -3.48. The van der Waals surface area contributed by atoms with E-state index in [1.807, 2.05) is 48.2 Å². The number of nitrogens with zero attached hydrogens (tertiary/aromatic N) is 2. The van der Waals surface area contributed by atoms with Crippen molar-refractivity contribution in [3.63, 3.8) is 0 Å². The Kier molecular flexibility index (Phi) is 8.44. The Labute approximate surface area is 231 Å². The summed E-state index contributed by atoms with van der Waals surface area (Å²) in [5.41, 5.74) is 5.41. The molecule has 1 aliphatic carbocycles. The maximum Gasteiger partial charge on any atom is 0.309 e. The van der Waals surface area contributed by atoms with Crippen molar-refractivity contribution in [2.24, 2.45) is 11.8 Å². The molecule has 2 bridgehead atoms. The molecule has 1 aromatic heterocycles. The molecule has 3 heterocycles. The minimum Gasteiger partial charge on any atom is -0.469 e. The number of esters is 1. The normalized spacial score (nSPS) is 22.6. The van der Waals surface area contributed by atoms with Crippen LogP contribution in [-0.2, 0) is 25.5 Å². The Morgan fingerprint density at radius 1 is 1.05 bits per heavy atom. The van der Waals surface area contributed by atoms with Crippen molar-refractivity contribution in [2.75, 3.05) is 19.0 Å². The number of benzene rings is 1. The van der Waals surface area contributed by atoms with E-state index in [-0.39, 0.29) is 36.2 Å². The van der Waals surface area contributed by atoms with E-state index in [2.05, 4.69) is 5.32 Å². The molecule has 0 saturated heterocycles. The summed E-state index contributed by atoms with van der Waals surface area (Å²) in [6.45, 7) is 2.65. The predicted octanol–water partition coefficient (Wildman–Crippen LogP) is 6.00. The van der Waals surface area contributed by atoms with Crippen molar-refractivity contribution < 1.29 is 19.1 Å². The number of ether oxygens (including phenoxy) is 1. The number of anilines is 1. The fourth-order valence-corrected chi connectivity index (χ4v) is 6.34. The Bertz CT molecular complexity index is 1260. The van der Waals surface area contributed by atoms with Crippen LogP contribution in [0.1, 0.15) is 82.0 Å². The molecule has 5 rings (SSSR count). The molecule has 3 aliphatic rings. The maximum atomic E-state index is 13.5. The highest BCUT2D eigenvalue weighted by Gasteiger charge is 2.31. The van der Waals surface area contributed by atoms with Crippen LogP contribution in [0.2, 0.25) is 0 Å². The number of nitrogens with one attached hydrogen (secondary N) is 1. The fourth-order valence-electron chi connectivity index (χ4n) is 6.34. The van der Waals surface area contributed by atoms with Gasteiger partial charge in [-0.05, 0) is 67.3 Å². The molecule has 7 heteroatoms. The van der Waals surface area contributed by atoms with Crippen molar-refractivity contribution in [1.29, 1.82) is 0 Å². The third kappa shape index (κ3) is 6.23. The summed E-state index contributed by atoms with van der Waals surface area (Å²) >= 11 is 0. The van der Waals surface area contributed by atoms with Gasteiger partial charge in [0.25, 0.3) is 0 Å². The molecule has 206 valence electrons. The molecule has 2 aromatic rings. The molecule has 1 fully saturated rings. The topological polar surface area (TPSA) is 88.6 Å². The highest BCUT2D eigenvalue weighted by Crippen LogP contribution is 2.38. The molecule has 0 spiro atoms. The van der Waals surface area contributed by atoms with Crippen LogP contribution in [0.5, 0.6) is 0 Å². The van der Waals surface area contributed by atoms with Gasteiger partial charge in [-0.3, -0.25) is 19.4 Å². The molecule has 0 unspecified atom stereocenters. The Morgan fingerprint density at radius 2 is 1.87 bits per heavy atom. The first-order valence-corrected chi connectivity index (χ1v) is 14.4. The first-order chi connectivity index (χ1) is 18.9. The van der Waals surface area contributed by atoms with E-state index in [4.69, 9.17) is 9.72 Å². The fraction of sp³-hybridized carbons (Fsp3) is 0.500. The van der Waals surface area contributed by atoms with Gasteiger partial charge >= 0.3 is 5.97 Å². The lowest BCUT2D eigenvalue weighted by molar-refractivity contribution is -0.139. The zero-order chi connectivity index (χ0) is 27.4. The second-order valence-electron chi connectivity index (χ2n) is 11.3. The van der Waals surface area contributed by atoms with Crippen LogP contribution in [-0.4, -0.2) is 41.3 Å². The predicted molar refractivity (Wildman–Crippen MR) is 151 cm³/mol. The number of pyridine rings is 1. The summed E-state index contributed by atoms with van der Waals surface area (Å²) in [5.74, 6) is 0.0753. The van der Waals surface area contributed by atoms with E-state index in [1.165, 1.54) is 44.8 Å². The summed E-state index contributed by atoms with van der Waals surface area (Å²) in [5, 5.41) is 3.10. The molecule has 1 N–H and O–H groups in total. The average Bonchev–Trinajstić information content (AvgIpc) is 2.95. The van der Waals surface area contributed by atoms with E-state index in [1.54, 1.807) is 6.20 Å². The van der Waals surface area contributed by atoms with Crippen LogP contribution in [0.15, 0.2) is 48.2 Å². The largest absolute Gasteiger partial charge is 0.469 e. The van der Waals surface area contributed by atoms with Crippen LogP contribution in [0.25, 0.3) is 11.1 Å². The van der Waals surface area contributed by atoms with Crippen LogP contribution in [0.3, 0.4) is 0 Å². The van der Waals surface area contributed by atoms with Crippen LogP contribution in [0.4, 0.5) is 5.69 Å². The van der Waals surface area contributed by atoms with Gasteiger partial charge in [-0.2, -0.15) is 0 Å². The van der Waals surface area contributed by atoms with Gasteiger partial charge in [-0.25, -0.2) is 0 Å². The lowest BCUT2D eigenvalue weighted by atomic mass is 9.81. The Morgan fingerprint density at radius 3 is 2.64 bits per heavy atom. The molecule has 39 heavy (non-hydrogen) atoms. The van der Waals surface area contributed by atoms with Gasteiger partial charge in [-0.15, -0.1) is 0 Å². The van der Waals surface area contributed by atoms with Gasteiger partial charge in [0.1, 0.15) is 0 Å². The summed E-state index contributed by atoms with van der Waals surface area (Å²) in [6, 6.07) is 9.52. The zero-order valence-corrected chi connectivity index (χ0v) is 23.1. The summed E-state index contributed by atoms with van der Waals surface area (Å²) in [4.78, 5) is 45.3. The second-order valence-corrected chi connectivity index (χ2v) is 11.3. The smallest absolute Gasteiger partial charge is 0.309 e. The van der Waals surface area contributed by atoms with Crippen molar-refractivity contribution in [2.45, 2.75) is 77.2 Å². The maximum absolute atomic E-state index is 13.5. The third-order valence-electron chi connectivity index (χ3n) is 8.65. The molecular weight excluding hydrogens is 490 g/mol. The van der Waals surface area contributed by atoms with Gasteiger partial charge in [0.2, 0.25) is 11.8 Å². The number of hydrogen-bond donors (Lipinski definition) is 1. The van der Waals surface area contributed by atoms with Crippen molar-refractivity contribution in [3.8, 4) is 11.1 Å². The molecule has 2 atom stereocenters. The number of carbonyl (C=O) groups excluding carboxylic acids is 3. The minimum absolute atomic E-state index is 0.0491. The molecular formula is C32H39N3O4. The zero-order valence-electron chi connectivity index (χ0n) is 23.1. The highest BCUT2D eigenvalue weighted by atomic mass is 16.5. The van der Waals surface area contributed by atoms with E-state index in [9.17, 15) is 14.4 Å². The van der Waals surface area contributed by atoms with Gasteiger partial charge in [-0.1, -0.05) is 50.3 Å². The van der Waals surface area contributed by atoms with Gasteiger partial charge < -0.3 is 15.0 Å². The third-order valence-corrected chi connectivity index (χ3v) is 8.65. The molecule has 0 radical (unpaired) electrons. The van der Waals surface area contributed by atoms with Crippen molar-refractivity contribution in [3.05, 3.63) is 59.4 Å². The molecule has 2 aliphatic heterocycles. The summed E-state index contributed by atoms with van der Waals surface area (Å²) < 4.78 is 4.83. The van der Waals surface area contributed by atoms with Gasteiger partial charge in [0, 0.05) is 36.0 Å². The van der Waals surface area contributed by atoms with Crippen molar-refractivity contribution in [1.82, 2.24) is 9.88 Å². The monoisotopic (exact) mass is 529 g/mol. The molecule has 1 saturated carbocycles. The molecule has 2 amide bonds.